The number of hydrogen-bond acceptors (Lipinski definition) is 6. The molecular weight excluding hydrogens is 328 g/mol. The highest BCUT2D eigenvalue weighted by atomic mass is 28.4. The molecule has 3 atom stereocenters. The predicted molar refractivity (Wildman–Crippen MR) is 91.5 cm³/mol. The van der Waals surface area contributed by atoms with Gasteiger partial charge in [0.25, 0.3) is 0 Å². The van der Waals surface area contributed by atoms with Crippen LogP contribution in [0.4, 0.5) is 0 Å². The molecule has 138 valence electrons. The fourth-order valence-electron chi connectivity index (χ4n) is 3.27. The van der Waals surface area contributed by atoms with Crippen molar-refractivity contribution >= 4 is 14.8 Å². The molecule has 2 rings (SSSR count). The van der Waals surface area contributed by atoms with E-state index >= 15 is 0 Å². The van der Waals surface area contributed by atoms with Gasteiger partial charge in [-0.2, -0.15) is 0 Å². The maximum Gasteiger partial charge on any atom is 0.500 e. The van der Waals surface area contributed by atoms with Gasteiger partial charge in [0, 0.05) is 32.9 Å². The first-order valence-electron chi connectivity index (χ1n) is 8.81. The number of rotatable bonds is 12. The highest BCUT2D eigenvalue weighted by Crippen LogP contribution is 2.41. The smallest absolute Gasteiger partial charge is 0.463 e. The molecule has 6 nitrogen and oxygen atoms in total. The fraction of sp³-hybridized carbons (Fsp3) is 0.824. The first-order valence-corrected chi connectivity index (χ1v) is 10.7. The summed E-state index contributed by atoms with van der Waals surface area (Å²) in [5.41, 5.74) is 0. The van der Waals surface area contributed by atoms with E-state index in [2.05, 4.69) is 6.58 Å². The first-order chi connectivity index (χ1) is 11.6. The quantitative estimate of drug-likeness (QED) is 0.176. The van der Waals surface area contributed by atoms with Gasteiger partial charge in [0.1, 0.15) is 0 Å². The third-order valence-electron chi connectivity index (χ3n) is 4.87. The van der Waals surface area contributed by atoms with Crippen molar-refractivity contribution in [3.8, 4) is 0 Å². The lowest BCUT2D eigenvalue weighted by molar-refractivity contribution is -0.137. The molecule has 1 aliphatic carbocycles. The second-order valence-corrected chi connectivity index (χ2v) is 9.42. The zero-order valence-corrected chi connectivity index (χ0v) is 15.8. The molecule has 0 N–H and O–H groups in total. The average molecular weight is 359 g/mol. The van der Waals surface area contributed by atoms with Crippen LogP contribution in [-0.2, 0) is 27.5 Å². The molecule has 1 saturated carbocycles. The van der Waals surface area contributed by atoms with Crippen LogP contribution >= 0.6 is 0 Å². The number of carbonyl (C=O) groups is 1. The van der Waals surface area contributed by atoms with Gasteiger partial charge in [0.15, 0.2) is 0 Å². The van der Waals surface area contributed by atoms with Gasteiger partial charge < -0.3 is 22.8 Å². The fourth-order valence-corrected chi connectivity index (χ4v) is 5.44. The van der Waals surface area contributed by atoms with Crippen molar-refractivity contribution in [1.82, 2.24) is 0 Å². The van der Waals surface area contributed by atoms with Crippen LogP contribution < -0.4 is 0 Å². The average Bonchev–Trinajstić information content (AvgIpc) is 3.39. The standard InChI is InChI=1S/C17H30O6Si/c1-4-17(18)21-10-5-6-11-22-24(19-2,20-3)12-9-14-7-8-15-16(13-14)23-15/h4,14-16H,1,5-13H2,2-3H3. The molecule has 2 fully saturated rings. The molecule has 7 heteroatoms. The number of esters is 1. The molecule has 1 saturated heterocycles. The molecule has 0 aromatic heterocycles. The monoisotopic (exact) mass is 358 g/mol. The van der Waals surface area contributed by atoms with E-state index in [-0.39, 0.29) is 5.97 Å². The Morgan fingerprint density at radius 2 is 1.96 bits per heavy atom. The highest BCUT2D eigenvalue weighted by Gasteiger charge is 2.45. The first kappa shape index (κ1) is 19.6. The lowest BCUT2D eigenvalue weighted by Crippen LogP contribution is -2.44. The van der Waals surface area contributed by atoms with Crippen LogP contribution in [0.5, 0.6) is 0 Å². The summed E-state index contributed by atoms with van der Waals surface area (Å²) >= 11 is 0. The minimum atomic E-state index is -2.59. The molecule has 1 aliphatic heterocycles. The van der Waals surface area contributed by atoms with Gasteiger partial charge in [-0.3, -0.25) is 0 Å². The van der Waals surface area contributed by atoms with E-state index in [1.54, 1.807) is 14.2 Å². The Kier molecular flexibility index (Phi) is 7.90. The van der Waals surface area contributed by atoms with Crippen LogP contribution in [0, 0.1) is 5.92 Å². The van der Waals surface area contributed by atoms with Crippen LogP contribution in [0.25, 0.3) is 0 Å². The van der Waals surface area contributed by atoms with Crippen LogP contribution in [-0.4, -0.2) is 54.4 Å². The zero-order valence-electron chi connectivity index (χ0n) is 14.8. The minimum Gasteiger partial charge on any atom is -0.463 e. The van der Waals surface area contributed by atoms with Crippen molar-refractivity contribution in [2.45, 2.75) is 56.8 Å². The summed E-state index contributed by atoms with van der Waals surface area (Å²) in [5.74, 6) is 0.302. The molecule has 0 radical (unpaired) electrons. The maximum absolute atomic E-state index is 10.9. The number of unbranched alkanes of at least 4 members (excludes halogenated alkanes) is 1. The van der Waals surface area contributed by atoms with Gasteiger partial charge in [0.2, 0.25) is 0 Å². The van der Waals surface area contributed by atoms with Gasteiger partial charge >= 0.3 is 14.8 Å². The van der Waals surface area contributed by atoms with E-state index in [1.807, 2.05) is 0 Å². The molecule has 0 aromatic rings. The third kappa shape index (κ3) is 5.97. The number of ether oxygens (including phenoxy) is 2. The summed E-state index contributed by atoms with van der Waals surface area (Å²) in [6.45, 7) is 4.30. The molecule has 24 heavy (non-hydrogen) atoms. The van der Waals surface area contributed by atoms with Crippen molar-refractivity contribution in [2.24, 2.45) is 5.92 Å². The highest BCUT2D eigenvalue weighted by molar-refractivity contribution is 6.60. The van der Waals surface area contributed by atoms with Crippen LogP contribution in [0.15, 0.2) is 12.7 Å². The Hall–Kier alpha value is -0.733. The molecule has 3 unspecified atom stereocenters. The van der Waals surface area contributed by atoms with E-state index in [0.29, 0.717) is 31.3 Å². The van der Waals surface area contributed by atoms with E-state index < -0.39 is 8.80 Å². The third-order valence-corrected chi connectivity index (χ3v) is 7.65. The summed E-state index contributed by atoms with van der Waals surface area (Å²) in [6, 6.07) is 0.841. The van der Waals surface area contributed by atoms with Crippen LogP contribution in [0.3, 0.4) is 0 Å². The Morgan fingerprint density at radius 3 is 2.62 bits per heavy atom. The predicted octanol–water partition coefficient (Wildman–Crippen LogP) is 2.70. The Morgan fingerprint density at radius 1 is 1.21 bits per heavy atom. The van der Waals surface area contributed by atoms with Crippen molar-refractivity contribution in [3.63, 3.8) is 0 Å². The topological polar surface area (TPSA) is 66.5 Å². The molecule has 0 aromatic carbocycles. The van der Waals surface area contributed by atoms with E-state index in [9.17, 15) is 4.79 Å². The summed E-state index contributed by atoms with van der Waals surface area (Å²) in [4.78, 5) is 10.9. The summed E-state index contributed by atoms with van der Waals surface area (Å²) < 4.78 is 27.8. The SMILES string of the molecule is C=CC(=O)OCCCCO[Si](CCC1CCC2OC2C1)(OC)OC. The Labute approximate surface area is 145 Å². The number of carbonyl (C=O) groups excluding carboxylic acids is 1. The molecule has 1 heterocycles. The lowest BCUT2D eigenvalue weighted by Gasteiger charge is -2.28. The summed E-state index contributed by atoms with van der Waals surface area (Å²) in [7, 11) is 0.749. The second-order valence-electron chi connectivity index (χ2n) is 6.45. The van der Waals surface area contributed by atoms with Crippen molar-refractivity contribution in [1.29, 1.82) is 0 Å². The van der Waals surface area contributed by atoms with Crippen molar-refractivity contribution in [2.75, 3.05) is 27.4 Å². The number of fused-ring (bicyclic) bond motifs is 1. The molecule has 0 amide bonds. The van der Waals surface area contributed by atoms with E-state index in [1.165, 1.54) is 18.9 Å². The van der Waals surface area contributed by atoms with E-state index in [4.69, 9.17) is 22.8 Å². The zero-order chi connectivity index (χ0) is 17.4. The largest absolute Gasteiger partial charge is 0.500 e. The van der Waals surface area contributed by atoms with Gasteiger partial charge in [-0.15, -0.1) is 0 Å². The Bertz CT molecular complexity index is 412. The molecular formula is C17H30O6Si. The number of hydrogen-bond donors (Lipinski definition) is 0. The summed E-state index contributed by atoms with van der Waals surface area (Å²) in [5, 5.41) is 0. The number of epoxide rings is 1. The molecule has 0 bridgehead atoms. The summed E-state index contributed by atoms with van der Waals surface area (Å²) in [6.07, 6.45) is 8.41. The molecule has 2 aliphatic rings. The lowest BCUT2D eigenvalue weighted by atomic mass is 9.88. The van der Waals surface area contributed by atoms with Gasteiger partial charge in [-0.05, 0) is 44.4 Å². The maximum atomic E-state index is 10.9. The Balaban J connectivity index is 1.63. The van der Waals surface area contributed by atoms with Crippen molar-refractivity contribution < 1.29 is 27.5 Å². The van der Waals surface area contributed by atoms with Gasteiger partial charge in [-0.1, -0.05) is 6.58 Å². The molecule has 0 spiro atoms. The normalized spacial score (nSPS) is 25.8. The second kappa shape index (κ2) is 9.67. The minimum absolute atomic E-state index is 0.382. The van der Waals surface area contributed by atoms with Crippen molar-refractivity contribution in [3.05, 3.63) is 12.7 Å². The van der Waals surface area contributed by atoms with Gasteiger partial charge in [-0.25, -0.2) is 4.79 Å². The van der Waals surface area contributed by atoms with Gasteiger partial charge in [0.05, 0.1) is 18.8 Å². The van der Waals surface area contributed by atoms with Crippen LogP contribution in [0.2, 0.25) is 6.04 Å². The van der Waals surface area contributed by atoms with E-state index in [0.717, 1.165) is 31.7 Å². The van der Waals surface area contributed by atoms with Crippen LogP contribution in [0.1, 0.15) is 38.5 Å².